The Morgan fingerprint density at radius 2 is 1.81 bits per heavy atom. The van der Waals surface area contributed by atoms with Crippen LogP contribution in [0.2, 0.25) is 0 Å². The number of piperidine rings is 1. The maximum Gasteiger partial charge on any atom is 0.223 e. The second-order valence-electron chi connectivity index (χ2n) is 5.38. The molecule has 0 aromatic heterocycles. The van der Waals surface area contributed by atoms with Crippen LogP contribution >= 0.6 is 0 Å². The largest absolute Gasteiger partial charge is 0.371 e. The van der Waals surface area contributed by atoms with Crippen LogP contribution in [0, 0.1) is 5.92 Å². The molecule has 5 nitrogen and oxygen atoms in total. The summed E-state index contributed by atoms with van der Waals surface area (Å²) >= 11 is 0. The smallest absolute Gasteiger partial charge is 0.223 e. The topological polar surface area (TPSA) is 61.4 Å². The van der Waals surface area contributed by atoms with E-state index in [0.29, 0.717) is 6.54 Å². The molecule has 114 valence electrons. The molecule has 1 aromatic carbocycles. The molecular formula is C16H23N3O2. The Hall–Kier alpha value is -2.04. The fourth-order valence-electron chi connectivity index (χ4n) is 2.68. The minimum Gasteiger partial charge on any atom is -0.371 e. The van der Waals surface area contributed by atoms with Gasteiger partial charge >= 0.3 is 0 Å². The van der Waals surface area contributed by atoms with Gasteiger partial charge < -0.3 is 15.5 Å². The molecule has 2 rings (SSSR count). The highest BCUT2D eigenvalue weighted by atomic mass is 16.2. The molecule has 1 aliphatic heterocycles. The summed E-state index contributed by atoms with van der Waals surface area (Å²) in [6.07, 6.45) is 1.78. The predicted molar refractivity (Wildman–Crippen MR) is 84.4 cm³/mol. The monoisotopic (exact) mass is 289 g/mol. The van der Waals surface area contributed by atoms with Crippen LogP contribution in [0.1, 0.15) is 26.7 Å². The first kappa shape index (κ1) is 15.4. The third kappa shape index (κ3) is 4.21. The van der Waals surface area contributed by atoms with E-state index < -0.39 is 0 Å². The van der Waals surface area contributed by atoms with Crippen LogP contribution < -0.4 is 15.5 Å². The lowest BCUT2D eigenvalue weighted by atomic mass is 9.95. The van der Waals surface area contributed by atoms with Crippen molar-refractivity contribution in [3.8, 4) is 0 Å². The van der Waals surface area contributed by atoms with Crippen molar-refractivity contribution in [2.75, 3.05) is 29.9 Å². The number of benzene rings is 1. The van der Waals surface area contributed by atoms with Crippen LogP contribution in [-0.4, -0.2) is 31.4 Å². The number of nitrogens with zero attached hydrogens (tertiary/aromatic N) is 1. The Labute approximate surface area is 125 Å². The summed E-state index contributed by atoms with van der Waals surface area (Å²) in [5.41, 5.74) is 1.95. The molecule has 0 unspecified atom stereocenters. The minimum absolute atomic E-state index is 0.0644. The maximum absolute atomic E-state index is 11.8. The number of carbonyl (C=O) groups excluding carboxylic acids is 2. The van der Waals surface area contributed by atoms with Crippen molar-refractivity contribution in [1.29, 1.82) is 0 Å². The summed E-state index contributed by atoms with van der Waals surface area (Å²) in [6.45, 7) is 5.93. The van der Waals surface area contributed by atoms with Gasteiger partial charge in [0.15, 0.2) is 0 Å². The molecule has 0 aliphatic carbocycles. The van der Waals surface area contributed by atoms with Gasteiger partial charge in [0.25, 0.3) is 0 Å². The zero-order valence-electron chi connectivity index (χ0n) is 12.7. The van der Waals surface area contributed by atoms with Gasteiger partial charge in [-0.25, -0.2) is 0 Å². The number of hydrogen-bond donors (Lipinski definition) is 2. The van der Waals surface area contributed by atoms with Crippen LogP contribution in [0.25, 0.3) is 0 Å². The first-order valence-electron chi connectivity index (χ1n) is 7.50. The number of anilines is 2. The average molecular weight is 289 g/mol. The average Bonchev–Trinajstić information content (AvgIpc) is 2.48. The van der Waals surface area contributed by atoms with E-state index in [4.69, 9.17) is 0 Å². The van der Waals surface area contributed by atoms with Crippen molar-refractivity contribution in [3.63, 3.8) is 0 Å². The second kappa shape index (κ2) is 7.11. The van der Waals surface area contributed by atoms with E-state index in [1.54, 1.807) is 0 Å². The highest BCUT2D eigenvalue weighted by Crippen LogP contribution is 2.24. The number of nitrogens with one attached hydrogen (secondary N) is 2. The second-order valence-corrected chi connectivity index (χ2v) is 5.38. The van der Waals surface area contributed by atoms with Crippen molar-refractivity contribution in [1.82, 2.24) is 5.32 Å². The molecule has 1 aromatic rings. The standard InChI is InChI=1S/C16H23N3O2/c1-3-17-16(21)13-8-10-19(11-9-13)15-6-4-14(5-7-15)18-12(2)20/h4-7,13H,3,8-11H2,1-2H3,(H,17,21)(H,18,20). The highest BCUT2D eigenvalue weighted by Gasteiger charge is 2.24. The van der Waals surface area contributed by atoms with E-state index in [2.05, 4.69) is 15.5 Å². The first-order chi connectivity index (χ1) is 10.1. The summed E-state index contributed by atoms with van der Waals surface area (Å²) < 4.78 is 0. The number of amides is 2. The molecule has 0 atom stereocenters. The molecular weight excluding hydrogens is 266 g/mol. The van der Waals surface area contributed by atoms with Gasteiger partial charge in [-0.05, 0) is 44.0 Å². The van der Waals surface area contributed by atoms with Gasteiger partial charge in [-0.15, -0.1) is 0 Å². The SMILES string of the molecule is CCNC(=O)C1CCN(c2ccc(NC(C)=O)cc2)CC1. The van der Waals surface area contributed by atoms with Gasteiger partial charge in [-0.2, -0.15) is 0 Å². The van der Waals surface area contributed by atoms with Crippen LogP contribution in [0.4, 0.5) is 11.4 Å². The normalized spacial score (nSPS) is 15.6. The Balaban J connectivity index is 1.90. The van der Waals surface area contributed by atoms with Crippen LogP contribution in [0.3, 0.4) is 0 Å². The zero-order valence-corrected chi connectivity index (χ0v) is 12.7. The third-order valence-electron chi connectivity index (χ3n) is 3.77. The van der Waals surface area contributed by atoms with Crippen molar-refractivity contribution in [3.05, 3.63) is 24.3 Å². The van der Waals surface area contributed by atoms with Gasteiger partial charge in [0.1, 0.15) is 0 Å². The van der Waals surface area contributed by atoms with Gasteiger partial charge in [0, 0.05) is 43.9 Å². The number of hydrogen-bond acceptors (Lipinski definition) is 3. The van der Waals surface area contributed by atoms with Gasteiger partial charge in [-0.1, -0.05) is 0 Å². The number of rotatable bonds is 4. The Morgan fingerprint density at radius 3 is 2.33 bits per heavy atom. The molecule has 2 amide bonds. The van der Waals surface area contributed by atoms with E-state index >= 15 is 0 Å². The van der Waals surface area contributed by atoms with Crippen LogP contribution in [0.5, 0.6) is 0 Å². The predicted octanol–water partition coefficient (Wildman–Crippen LogP) is 2.00. The highest BCUT2D eigenvalue weighted by molar-refractivity contribution is 5.88. The summed E-state index contributed by atoms with van der Waals surface area (Å²) in [6, 6.07) is 7.84. The Bertz CT molecular complexity index is 491. The van der Waals surface area contributed by atoms with E-state index in [1.807, 2.05) is 31.2 Å². The molecule has 0 bridgehead atoms. The van der Waals surface area contributed by atoms with Crippen LogP contribution in [0.15, 0.2) is 24.3 Å². The van der Waals surface area contributed by atoms with Crippen molar-refractivity contribution >= 4 is 23.2 Å². The fourth-order valence-corrected chi connectivity index (χ4v) is 2.68. The summed E-state index contributed by atoms with van der Waals surface area (Å²) in [7, 11) is 0. The van der Waals surface area contributed by atoms with Crippen LogP contribution in [-0.2, 0) is 9.59 Å². The lowest BCUT2D eigenvalue weighted by Crippen LogP contribution is -2.40. The summed E-state index contributed by atoms with van der Waals surface area (Å²) in [4.78, 5) is 25.1. The lowest BCUT2D eigenvalue weighted by Gasteiger charge is -2.33. The van der Waals surface area contributed by atoms with Crippen molar-refractivity contribution in [2.45, 2.75) is 26.7 Å². The van der Waals surface area contributed by atoms with E-state index in [9.17, 15) is 9.59 Å². The minimum atomic E-state index is -0.0644. The van der Waals surface area contributed by atoms with E-state index in [1.165, 1.54) is 6.92 Å². The molecule has 0 radical (unpaired) electrons. The number of carbonyl (C=O) groups is 2. The first-order valence-corrected chi connectivity index (χ1v) is 7.50. The molecule has 5 heteroatoms. The summed E-state index contributed by atoms with van der Waals surface area (Å²) in [5, 5.41) is 5.66. The van der Waals surface area contributed by atoms with Crippen molar-refractivity contribution in [2.24, 2.45) is 5.92 Å². The Kier molecular flexibility index (Phi) is 5.20. The molecule has 0 saturated carbocycles. The molecule has 1 fully saturated rings. The van der Waals surface area contributed by atoms with Gasteiger partial charge in [0.2, 0.25) is 11.8 Å². The Morgan fingerprint density at radius 1 is 1.19 bits per heavy atom. The fraction of sp³-hybridized carbons (Fsp3) is 0.500. The quantitative estimate of drug-likeness (QED) is 0.891. The molecule has 2 N–H and O–H groups in total. The molecule has 21 heavy (non-hydrogen) atoms. The summed E-state index contributed by atoms with van der Waals surface area (Å²) in [5.74, 6) is 0.253. The van der Waals surface area contributed by atoms with Crippen molar-refractivity contribution < 1.29 is 9.59 Å². The molecule has 1 aliphatic rings. The third-order valence-corrected chi connectivity index (χ3v) is 3.77. The lowest BCUT2D eigenvalue weighted by molar-refractivity contribution is -0.125. The van der Waals surface area contributed by atoms with Gasteiger partial charge in [-0.3, -0.25) is 9.59 Å². The van der Waals surface area contributed by atoms with Gasteiger partial charge in [0.05, 0.1) is 0 Å². The molecule has 0 spiro atoms. The molecule has 1 saturated heterocycles. The zero-order chi connectivity index (χ0) is 15.2. The van der Waals surface area contributed by atoms with E-state index in [0.717, 1.165) is 37.3 Å². The maximum atomic E-state index is 11.8. The van der Waals surface area contributed by atoms with E-state index in [-0.39, 0.29) is 17.7 Å². The molecule has 1 heterocycles.